The van der Waals surface area contributed by atoms with E-state index in [1.807, 2.05) is 36.9 Å². The van der Waals surface area contributed by atoms with Crippen molar-refractivity contribution in [1.29, 1.82) is 0 Å². The smallest absolute Gasteiger partial charge is 0.475 e. The number of hydrogen-bond donors (Lipinski definition) is 1. The number of fused-ring (bicyclic) bond motifs is 1. The number of pyridine rings is 1. The number of likely N-dealkylation sites (tertiary alicyclic amines) is 1. The van der Waals surface area contributed by atoms with E-state index >= 15 is 0 Å². The van der Waals surface area contributed by atoms with Gasteiger partial charge in [-0.25, -0.2) is 4.79 Å². The molecule has 2 aliphatic heterocycles. The summed E-state index contributed by atoms with van der Waals surface area (Å²) >= 11 is 0. The number of aromatic nitrogens is 1. The van der Waals surface area contributed by atoms with Gasteiger partial charge in [0.15, 0.2) is 0 Å². The summed E-state index contributed by atoms with van der Waals surface area (Å²) in [6, 6.07) is 5.73. The van der Waals surface area contributed by atoms with E-state index in [0.717, 1.165) is 11.3 Å². The molecule has 4 rings (SSSR count). The lowest BCUT2D eigenvalue weighted by Gasteiger charge is -2.26. The number of alkyl halides is 3. The van der Waals surface area contributed by atoms with Gasteiger partial charge in [0.2, 0.25) is 0 Å². The van der Waals surface area contributed by atoms with E-state index in [1.54, 1.807) is 12.4 Å². The first-order chi connectivity index (χ1) is 15.5. The van der Waals surface area contributed by atoms with Gasteiger partial charge in [0, 0.05) is 36.8 Å². The minimum absolute atomic E-state index is 0.0438. The largest absolute Gasteiger partial charge is 0.490 e. The van der Waals surface area contributed by atoms with Gasteiger partial charge < -0.3 is 23.9 Å². The van der Waals surface area contributed by atoms with E-state index in [-0.39, 0.29) is 11.3 Å². The third-order valence-corrected chi connectivity index (χ3v) is 5.73. The van der Waals surface area contributed by atoms with Crippen LogP contribution in [0.5, 0.6) is 0 Å². The molecule has 8 nitrogen and oxygen atoms in total. The van der Waals surface area contributed by atoms with Crippen LogP contribution in [0.3, 0.4) is 0 Å². The van der Waals surface area contributed by atoms with Crippen molar-refractivity contribution in [3.63, 3.8) is 0 Å². The highest BCUT2D eigenvalue weighted by Crippen LogP contribution is 2.42. The van der Waals surface area contributed by atoms with Gasteiger partial charge in [-0.1, -0.05) is 0 Å². The van der Waals surface area contributed by atoms with Crippen LogP contribution in [-0.2, 0) is 20.9 Å². The van der Waals surface area contributed by atoms with Crippen molar-refractivity contribution < 1.29 is 41.8 Å². The van der Waals surface area contributed by atoms with Crippen LogP contribution in [0.25, 0.3) is 0 Å². The number of nitrogens with zero attached hydrogens (tertiary/aromatic N) is 2. The molecule has 1 N–H and O–H groups in total. The van der Waals surface area contributed by atoms with Gasteiger partial charge in [-0.2, -0.15) is 13.2 Å². The molecule has 2 aromatic heterocycles. The van der Waals surface area contributed by atoms with E-state index in [1.165, 1.54) is 0 Å². The second kappa shape index (κ2) is 9.92. The number of carbonyl (C=O) groups is 2. The van der Waals surface area contributed by atoms with Gasteiger partial charge in [-0.15, -0.1) is 0 Å². The molecule has 0 aromatic carbocycles. The summed E-state index contributed by atoms with van der Waals surface area (Å²) < 4.78 is 49.0. The molecule has 0 radical (unpaired) electrons. The standard InChI is InChI=1S/C20H24N2O4.C2HF3O2/c1-14-7-18(15(2)26-14)19(23)22-8-17-10-25-13-20(17,11-22)12-24-9-16-3-5-21-6-4-16;3-2(4,5)1(6)7/h3-7,17H,8-13H2,1-2H3;(H,6,7)/t17-,20-;/m1./s1. The molecule has 1 amide bonds. The van der Waals surface area contributed by atoms with Crippen LogP contribution in [0.2, 0.25) is 0 Å². The zero-order chi connectivity index (χ0) is 24.2. The highest BCUT2D eigenvalue weighted by atomic mass is 19.4. The van der Waals surface area contributed by atoms with Crippen molar-refractivity contribution in [3.05, 3.63) is 53.2 Å². The highest BCUT2D eigenvalue weighted by molar-refractivity contribution is 5.95. The van der Waals surface area contributed by atoms with Crippen molar-refractivity contribution >= 4 is 11.9 Å². The minimum Gasteiger partial charge on any atom is -0.475 e. The molecule has 0 unspecified atom stereocenters. The number of carboxylic acids is 1. The second-order valence-electron chi connectivity index (χ2n) is 8.24. The Morgan fingerprint density at radius 1 is 1.30 bits per heavy atom. The molecule has 0 spiro atoms. The number of ether oxygens (including phenoxy) is 2. The predicted molar refractivity (Wildman–Crippen MR) is 108 cm³/mol. The van der Waals surface area contributed by atoms with E-state index in [2.05, 4.69) is 4.98 Å². The lowest BCUT2D eigenvalue weighted by atomic mass is 9.82. The van der Waals surface area contributed by atoms with Crippen LogP contribution in [0.1, 0.15) is 27.4 Å². The topological polar surface area (TPSA) is 102 Å². The number of halogens is 3. The predicted octanol–water partition coefficient (Wildman–Crippen LogP) is 3.23. The van der Waals surface area contributed by atoms with Crippen LogP contribution in [0, 0.1) is 25.2 Å². The monoisotopic (exact) mass is 470 g/mol. The molecule has 180 valence electrons. The lowest BCUT2D eigenvalue weighted by molar-refractivity contribution is -0.192. The molecule has 0 saturated carbocycles. The summed E-state index contributed by atoms with van der Waals surface area (Å²) in [7, 11) is 0. The van der Waals surface area contributed by atoms with Crippen molar-refractivity contribution in [2.24, 2.45) is 11.3 Å². The molecule has 2 fully saturated rings. The second-order valence-corrected chi connectivity index (χ2v) is 8.24. The maximum absolute atomic E-state index is 12.9. The quantitative estimate of drug-likeness (QED) is 0.716. The fourth-order valence-electron chi connectivity index (χ4n) is 4.06. The molecule has 2 aliphatic rings. The lowest BCUT2D eigenvalue weighted by Crippen LogP contribution is -2.37. The maximum Gasteiger partial charge on any atom is 0.490 e. The zero-order valence-electron chi connectivity index (χ0n) is 18.2. The Labute approximate surface area is 188 Å². The Morgan fingerprint density at radius 2 is 1.97 bits per heavy atom. The summed E-state index contributed by atoms with van der Waals surface area (Å²) in [5, 5.41) is 7.12. The normalized spacial score (nSPS) is 22.0. The summed E-state index contributed by atoms with van der Waals surface area (Å²) in [5.41, 5.74) is 1.65. The van der Waals surface area contributed by atoms with Crippen LogP contribution in [-0.4, -0.2) is 66.0 Å². The van der Waals surface area contributed by atoms with Crippen molar-refractivity contribution in [1.82, 2.24) is 9.88 Å². The molecule has 33 heavy (non-hydrogen) atoms. The van der Waals surface area contributed by atoms with Crippen LogP contribution in [0.4, 0.5) is 13.2 Å². The first-order valence-electron chi connectivity index (χ1n) is 10.2. The number of carboxylic acid groups (broad SMARTS) is 1. The molecule has 0 aliphatic carbocycles. The van der Waals surface area contributed by atoms with Gasteiger partial charge in [0.1, 0.15) is 11.5 Å². The highest BCUT2D eigenvalue weighted by Gasteiger charge is 2.52. The van der Waals surface area contributed by atoms with E-state index in [9.17, 15) is 18.0 Å². The first kappa shape index (κ1) is 24.7. The van der Waals surface area contributed by atoms with Crippen molar-refractivity contribution in [3.8, 4) is 0 Å². The molecular weight excluding hydrogens is 445 g/mol. The first-order valence-corrected chi connectivity index (χ1v) is 10.2. The van der Waals surface area contributed by atoms with Gasteiger partial charge in [-0.3, -0.25) is 9.78 Å². The maximum atomic E-state index is 12.9. The van der Waals surface area contributed by atoms with Crippen LogP contribution >= 0.6 is 0 Å². The Kier molecular flexibility index (Phi) is 7.43. The fourth-order valence-corrected chi connectivity index (χ4v) is 4.06. The van der Waals surface area contributed by atoms with Gasteiger partial charge in [0.25, 0.3) is 5.91 Å². The number of aliphatic carboxylic acids is 1. The summed E-state index contributed by atoms with van der Waals surface area (Å²) in [6.07, 6.45) is -1.55. The molecule has 4 heterocycles. The molecular formula is C22H25F3N2O6. The number of hydrogen-bond acceptors (Lipinski definition) is 6. The number of rotatable bonds is 5. The van der Waals surface area contributed by atoms with Crippen LogP contribution in [0.15, 0.2) is 35.0 Å². The number of aryl methyl sites for hydroxylation is 2. The number of carbonyl (C=O) groups excluding carboxylic acids is 1. The molecule has 0 bridgehead atoms. The Balaban J connectivity index is 0.000000383. The molecule has 11 heteroatoms. The number of furan rings is 1. The zero-order valence-corrected chi connectivity index (χ0v) is 18.2. The molecule has 2 saturated heterocycles. The van der Waals surface area contributed by atoms with E-state index in [0.29, 0.717) is 56.8 Å². The average molecular weight is 470 g/mol. The fraction of sp³-hybridized carbons (Fsp3) is 0.500. The van der Waals surface area contributed by atoms with E-state index < -0.39 is 12.1 Å². The molecule has 2 aromatic rings. The summed E-state index contributed by atoms with van der Waals surface area (Å²) in [6.45, 7) is 7.54. The summed E-state index contributed by atoms with van der Waals surface area (Å²) in [4.78, 5) is 27.8. The van der Waals surface area contributed by atoms with Gasteiger partial charge in [0.05, 0.1) is 32.0 Å². The minimum atomic E-state index is -5.08. The van der Waals surface area contributed by atoms with Crippen LogP contribution < -0.4 is 0 Å². The Hall–Kier alpha value is -2.92. The van der Waals surface area contributed by atoms with Gasteiger partial charge in [-0.05, 0) is 37.6 Å². The van der Waals surface area contributed by atoms with Crippen molar-refractivity contribution in [2.45, 2.75) is 26.6 Å². The van der Waals surface area contributed by atoms with Crippen molar-refractivity contribution in [2.75, 3.05) is 32.9 Å². The Bertz CT molecular complexity index is 978. The SMILES string of the molecule is Cc1cc(C(=O)N2C[C@@H]3COC[C@]3(COCc3ccncc3)C2)c(C)o1.O=C(O)C(F)(F)F. The Morgan fingerprint density at radius 3 is 2.55 bits per heavy atom. The number of amides is 1. The van der Waals surface area contributed by atoms with Gasteiger partial charge >= 0.3 is 12.1 Å². The van der Waals surface area contributed by atoms with E-state index in [4.69, 9.17) is 23.8 Å². The average Bonchev–Trinajstić information content (AvgIpc) is 3.39. The summed E-state index contributed by atoms with van der Waals surface area (Å²) in [5.74, 6) is -0.945. The third kappa shape index (κ3) is 5.91. The molecule has 2 atom stereocenters. The third-order valence-electron chi connectivity index (χ3n) is 5.73.